The molecule has 27 heavy (non-hydrogen) atoms. The molecule has 3 N–H and O–H groups in total. The zero-order valence-electron chi connectivity index (χ0n) is 14.1. The molecule has 0 bridgehead atoms. The number of hydrogen-bond donors (Lipinski definition) is 3. The number of nitrogens with one attached hydrogen (secondary N) is 1. The predicted octanol–water partition coefficient (Wildman–Crippen LogP) is 3.12. The second-order valence-electron chi connectivity index (χ2n) is 6.29. The summed E-state index contributed by atoms with van der Waals surface area (Å²) in [7, 11) is 0. The number of rotatable bonds is 3. The van der Waals surface area contributed by atoms with E-state index in [0.717, 1.165) is 11.6 Å². The largest absolute Gasteiger partial charge is 0.507 e. The number of H-pyrrole nitrogens is 1. The van der Waals surface area contributed by atoms with Gasteiger partial charge in [-0.05, 0) is 31.2 Å². The number of benzene rings is 2. The Balaban J connectivity index is 1.93. The molecule has 2 unspecified atom stereocenters. The van der Waals surface area contributed by atoms with E-state index in [1.165, 1.54) is 30.3 Å². The van der Waals surface area contributed by atoms with E-state index in [2.05, 4.69) is 9.97 Å². The molecule has 1 aromatic heterocycles. The van der Waals surface area contributed by atoms with Crippen molar-refractivity contribution in [2.45, 2.75) is 19.2 Å². The first-order valence-electron chi connectivity index (χ1n) is 8.17. The molecule has 0 fully saturated rings. The second kappa shape index (κ2) is 6.17. The molecular weight excluding hydrogens is 356 g/mol. The first-order chi connectivity index (χ1) is 12.9. The van der Waals surface area contributed by atoms with Gasteiger partial charge in [0.15, 0.2) is 29.4 Å². The normalized spacial score (nSPS) is 19.9. The number of aliphatic hydroxyl groups is 2. The average Bonchev–Trinajstić information content (AvgIpc) is 3.20. The summed E-state index contributed by atoms with van der Waals surface area (Å²) in [6.07, 6.45) is -0.0945. The fourth-order valence-corrected chi connectivity index (χ4v) is 3.47. The van der Waals surface area contributed by atoms with Crippen LogP contribution in [0.1, 0.15) is 18.5 Å². The molecule has 2 atom stereocenters. The van der Waals surface area contributed by atoms with Gasteiger partial charge in [0.1, 0.15) is 0 Å². The molecule has 0 saturated carbocycles. The fourth-order valence-electron chi connectivity index (χ4n) is 3.47. The summed E-state index contributed by atoms with van der Waals surface area (Å²) >= 11 is 0. The lowest BCUT2D eigenvalue weighted by Crippen LogP contribution is -2.35. The van der Waals surface area contributed by atoms with Crippen molar-refractivity contribution in [3.8, 4) is 0 Å². The third kappa shape index (κ3) is 2.57. The van der Waals surface area contributed by atoms with Crippen LogP contribution >= 0.6 is 0 Å². The maximum Gasteiger partial charge on any atom is 0.187 e. The average molecular weight is 371 g/mol. The molecule has 8 heteroatoms. The van der Waals surface area contributed by atoms with Crippen molar-refractivity contribution in [2.75, 3.05) is 4.90 Å². The van der Waals surface area contributed by atoms with Crippen molar-refractivity contribution >= 4 is 22.5 Å². The highest BCUT2D eigenvalue weighted by atomic mass is 19.2. The Morgan fingerprint density at radius 1 is 1.26 bits per heavy atom. The quantitative estimate of drug-likeness (QED) is 0.658. The molecular formula is C19H15F2N3O3. The molecule has 4 rings (SSSR count). The Bertz CT molecular complexity index is 1090. The van der Waals surface area contributed by atoms with Crippen molar-refractivity contribution in [2.24, 2.45) is 0 Å². The number of aromatic amines is 1. The third-order valence-corrected chi connectivity index (χ3v) is 4.69. The van der Waals surface area contributed by atoms with Gasteiger partial charge in [-0.25, -0.2) is 13.8 Å². The van der Waals surface area contributed by atoms with Crippen LogP contribution in [0.4, 0.5) is 14.5 Å². The van der Waals surface area contributed by atoms with E-state index in [4.69, 9.17) is 0 Å². The number of aliphatic hydroxyl groups excluding tert-OH is 2. The van der Waals surface area contributed by atoms with Crippen molar-refractivity contribution in [3.05, 3.63) is 71.3 Å². The number of ketones is 1. The lowest BCUT2D eigenvalue weighted by atomic mass is 9.96. The number of nitrogens with zero attached hydrogens (tertiary/aromatic N) is 2. The van der Waals surface area contributed by atoms with Crippen LogP contribution in [-0.2, 0) is 4.79 Å². The summed E-state index contributed by atoms with van der Waals surface area (Å²) in [4.78, 5) is 20.5. The van der Waals surface area contributed by atoms with Crippen molar-refractivity contribution in [1.29, 1.82) is 0 Å². The minimum absolute atomic E-state index is 0.162. The van der Waals surface area contributed by atoms with E-state index in [-0.39, 0.29) is 11.1 Å². The molecule has 2 aromatic carbocycles. The standard InChI is InChI=1S/C19H15F2N3O3/c1-9(25)15-17(11-3-2-4-12(20)16(11)21)24(19(27)18(15)26)10-5-6-13-14(7-10)23-8-22-13/h2-8,17,19,26-27H,1H3,(H,22,23). The lowest BCUT2D eigenvalue weighted by Gasteiger charge is -2.31. The van der Waals surface area contributed by atoms with Gasteiger partial charge < -0.3 is 20.1 Å². The van der Waals surface area contributed by atoms with Gasteiger partial charge in [-0.2, -0.15) is 0 Å². The number of halogens is 2. The van der Waals surface area contributed by atoms with Gasteiger partial charge in [-0.3, -0.25) is 4.79 Å². The fraction of sp³-hybridized carbons (Fsp3) is 0.158. The number of imidazole rings is 1. The van der Waals surface area contributed by atoms with E-state index in [0.29, 0.717) is 11.2 Å². The van der Waals surface area contributed by atoms with E-state index >= 15 is 0 Å². The molecule has 0 saturated heterocycles. The minimum Gasteiger partial charge on any atom is -0.507 e. The highest BCUT2D eigenvalue weighted by molar-refractivity contribution is 5.97. The van der Waals surface area contributed by atoms with Gasteiger partial charge >= 0.3 is 0 Å². The molecule has 2 heterocycles. The van der Waals surface area contributed by atoms with Gasteiger partial charge in [-0.15, -0.1) is 0 Å². The van der Waals surface area contributed by atoms with Crippen molar-refractivity contribution in [3.63, 3.8) is 0 Å². The predicted molar refractivity (Wildman–Crippen MR) is 94.0 cm³/mol. The number of anilines is 1. The summed E-state index contributed by atoms with van der Waals surface area (Å²) < 4.78 is 28.3. The Hall–Kier alpha value is -3.26. The van der Waals surface area contributed by atoms with Crippen LogP contribution in [0.15, 0.2) is 54.1 Å². The third-order valence-electron chi connectivity index (χ3n) is 4.69. The van der Waals surface area contributed by atoms with Crippen LogP contribution in [0.25, 0.3) is 11.0 Å². The molecule has 1 aliphatic heterocycles. The highest BCUT2D eigenvalue weighted by Crippen LogP contribution is 2.44. The van der Waals surface area contributed by atoms with Crippen LogP contribution in [-0.4, -0.2) is 32.2 Å². The Morgan fingerprint density at radius 2 is 2.04 bits per heavy atom. The molecule has 3 aromatic rings. The van der Waals surface area contributed by atoms with Crippen LogP contribution in [0.2, 0.25) is 0 Å². The first-order valence-corrected chi connectivity index (χ1v) is 8.17. The lowest BCUT2D eigenvalue weighted by molar-refractivity contribution is -0.114. The first kappa shape index (κ1) is 17.2. The summed E-state index contributed by atoms with van der Waals surface area (Å²) in [6.45, 7) is 1.20. The molecule has 1 aliphatic rings. The Kier molecular flexibility index (Phi) is 3.92. The zero-order valence-corrected chi connectivity index (χ0v) is 14.1. The summed E-state index contributed by atoms with van der Waals surface area (Å²) in [6, 6.07) is 7.34. The van der Waals surface area contributed by atoms with Gasteiger partial charge in [0.25, 0.3) is 0 Å². The van der Waals surface area contributed by atoms with Crippen LogP contribution in [0.3, 0.4) is 0 Å². The Labute approximate surface area is 152 Å². The molecule has 6 nitrogen and oxygen atoms in total. The Morgan fingerprint density at radius 3 is 2.78 bits per heavy atom. The van der Waals surface area contributed by atoms with E-state index in [9.17, 15) is 23.8 Å². The van der Waals surface area contributed by atoms with Gasteiger partial charge in [0, 0.05) is 11.3 Å². The maximum absolute atomic E-state index is 14.5. The minimum atomic E-state index is -1.59. The van der Waals surface area contributed by atoms with Crippen molar-refractivity contribution in [1.82, 2.24) is 9.97 Å². The van der Waals surface area contributed by atoms with E-state index in [1.807, 2.05) is 0 Å². The van der Waals surface area contributed by atoms with Gasteiger partial charge in [0.05, 0.1) is 29.0 Å². The molecule has 0 aliphatic carbocycles. The number of carbonyl (C=O) groups excluding carboxylic acids is 1. The topological polar surface area (TPSA) is 89.5 Å². The van der Waals surface area contributed by atoms with Crippen LogP contribution in [0, 0.1) is 11.6 Å². The van der Waals surface area contributed by atoms with E-state index in [1.54, 1.807) is 18.2 Å². The maximum atomic E-state index is 14.5. The molecule has 0 spiro atoms. The summed E-state index contributed by atoms with van der Waals surface area (Å²) in [5.41, 5.74) is 1.36. The summed E-state index contributed by atoms with van der Waals surface area (Å²) in [5, 5.41) is 20.9. The van der Waals surface area contributed by atoms with Crippen LogP contribution < -0.4 is 4.90 Å². The van der Waals surface area contributed by atoms with Gasteiger partial charge in [0.2, 0.25) is 0 Å². The number of hydrogen-bond acceptors (Lipinski definition) is 5. The SMILES string of the molecule is CC(=O)C1=C(O)C(O)N(c2ccc3[nH]cnc3c2)C1c1cccc(F)c1F. The highest BCUT2D eigenvalue weighted by Gasteiger charge is 2.44. The number of aromatic nitrogens is 2. The smallest absolute Gasteiger partial charge is 0.187 e. The van der Waals surface area contributed by atoms with Crippen LogP contribution in [0.5, 0.6) is 0 Å². The number of carbonyl (C=O) groups is 1. The van der Waals surface area contributed by atoms with Crippen molar-refractivity contribution < 1.29 is 23.8 Å². The van der Waals surface area contributed by atoms with Gasteiger partial charge in [-0.1, -0.05) is 12.1 Å². The number of Topliss-reactive ketones (excluding diaryl/α,β-unsaturated/α-hetero) is 1. The second-order valence-corrected chi connectivity index (χ2v) is 6.29. The monoisotopic (exact) mass is 371 g/mol. The zero-order chi connectivity index (χ0) is 19.3. The molecule has 0 radical (unpaired) electrons. The summed E-state index contributed by atoms with van der Waals surface area (Å²) in [5.74, 6) is -3.37. The van der Waals surface area contributed by atoms with E-state index < -0.39 is 35.4 Å². The molecule has 0 amide bonds. The number of fused-ring (bicyclic) bond motifs is 1. The molecule has 138 valence electrons.